The van der Waals surface area contributed by atoms with Crippen LogP contribution < -0.4 is 15.4 Å². The molecular weight excluding hydrogens is 260 g/mol. The first-order valence-electron chi connectivity index (χ1n) is 7.49. The molecule has 3 nitrogen and oxygen atoms in total. The number of hydrogen-bond acceptors (Lipinski definition) is 3. The molecule has 2 aromatic rings. The average Bonchev–Trinajstić information content (AvgIpc) is 3.38. The Balaban J connectivity index is 1.84. The van der Waals surface area contributed by atoms with Crippen molar-refractivity contribution in [3.63, 3.8) is 0 Å². The van der Waals surface area contributed by atoms with Crippen molar-refractivity contribution in [3.8, 4) is 5.75 Å². The average molecular weight is 282 g/mol. The van der Waals surface area contributed by atoms with Gasteiger partial charge >= 0.3 is 0 Å². The summed E-state index contributed by atoms with van der Waals surface area (Å²) in [5, 5.41) is 0. The lowest BCUT2D eigenvalue weighted by atomic mass is 10.1. The van der Waals surface area contributed by atoms with Crippen molar-refractivity contribution in [1.29, 1.82) is 0 Å². The molecule has 0 aliphatic heterocycles. The summed E-state index contributed by atoms with van der Waals surface area (Å²) in [6.45, 7) is 1.48. The zero-order valence-electron chi connectivity index (χ0n) is 12.5. The summed E-state index contributed by atoms with van der Waals surface area (Å²) < 4.78 is 5.48. The van der Waals surface area contributed by atoms with E-state index in [1.807, 2.05) is 12.1 Å². The van der Waals surface area contributed by atoms with Crippen molar-refractivity contribution in [2.45, 2.75) is 32.0 Å². The quantitative estimate of drug-likeness (QED) is 0.883. The molecule has 1 saturated carbocycles. The zero-order chi connectivity index (χ0) is 14.7. The van der Waals surface area contributed by atoms with E-state index in [1.165, 1.54) is 29.7 Å². The Bertz CT molecular complexity index is 590. The maximum atomic E-state index is 5.68. The number of nitrogens with zero attached hydrogens (tertiary/aromatic N) is 1. The third-order valence-electron chi connectivity index (χ3n) is 4.02. The molecule has 1 fully saturated rings. The van der Waals surface area contributed by atoms with Gasteiger partial charge in [0.05, 0.1) is 7.11 Å². The Kier molecular flexibility index (Phi) is 4.11. The molecular formula is C18H22N2O. The van der Waals surface area contributed by atoms with Crippen LogP contribution in [0.2, 0.25) is 0 Å². The fourth-order valence-electron chi connectivity index (χ4n) is 2.66. The molecule has 0 amide bonds. The Morgan fingerprint density at radius 2 is 1.81 bits per heavy atom. The van der Waals surface area contributed by atoms with Gasteiger partial charge in [0.15, 0.2) is 0 Å². The molecule has 1 aliphatic rings. The zero-order valence-corrected chi connectivity index (χ0v) is 12.5. The molecule has 0 spiro atoms. The van der Waals surface area contributed by atoms with E-state index in [-0.39, 0.29) is 0 Å². The summed E-state index contributed by atoms with van der Waals surface area (Å²) in [5.74, 6) is 0.960. The second-order valence-electron chi connectivity index (χ2n) is 5.54. The predicted molar refractivity (Wildman–Crippen MR) is 86.5 cm³/mol. The number of anilines is 1. The highest BCUT2D eigenvalue weighted by atomic mass is 16.5. The smallest absolute Gasteiger partial charge is 0.123 e. The van der Waals surface area contributed by atoms with Crippen LogP contribution in [0.5, 0.6) is 5.75 Å². The lowest BCUT2D eigenvalue weighted by Crippen LogP contribution is -2.25. The van der Waals surface area contributed by atoms with E-state index in [2.05, 4.69) is 41.3 Å². The van der Waals surface area contributed by atoms with Gasteiger partial charge in [0, 0.05) is 30.4 Å². The first-order chi connectivity index (χ1) is 10.3. The number of methoxy groups -OCH3 is 1. The van der Waals surface area contributed by atoms with Crippen LogP contribution in [0, 0.1) is 0 Å². The molecule has 110 valence electrons. The molecule has 3 rings (SSSR count). The Hall–Kier alpha value is -2.00. The second-order valence-corrected chi connectivity index (χ2v) is 5.54. The summed E-state index contributed by atoms with van der Waals surface area (Å²) in [6, 6.07) is 17.5. The van der Waals surface area contributed by atoms with Crippen molar-refractivity contribution in [2.75, 3.05) is 12.0 Å². The first-order valence-corrected chi connectivity index (χ1v) is 7.49. The van der Waals surface area contributed by atoms with Crippen LogP contribution in [0.4, 0.5) is 5.69 Å². The SMILES string of the molecule is COc1ccccc1CN(c1ccc(CN)cc1)C1CC1. The monoisotopic (exact) mass is 282 g/mol. The van der Waals surface area contributed by atoms with Gasteiger partial charge in [-0.1, -0.05) is 30.3 Å². The second kappa shape index (κ2) is 6.19. The van der Waals surface area contributed by atoms with Crippen LogP contribution >= 0.6 is 0 Å². The van der Waals surface area contributed by atoms with Gasteiger partial charge < -0.3 is 15.4 Å². The predicted octanol–water partition coefficient (Wildman–Crippen LogP) is 3.32. The van der Waals surface area contributed by atoms with Crippen molar-refractivity contribution >= 4 is 5.69 Å². The minimum Gasteiger partial charge on any atom is -0.496 e. The first kappa shape index (κ1) is 14.0. The van der Waals surface area contributed by atoms with Gasteiger partial charge in [-0.2, -0.15) is 0 Å². The number of ether oxygens (including phenoxy) is 1. The maximum Gasteiger partial charge on any atom is 0.123 e. The van der Waals surface area contributed by atoms with E-state index in [0.717, 1.165) is 12.3 Å². The summed E-state index contributed by atoms with van der Waals surface area (Å²) in [7, 11) is 1.73. The largest absolute Gasteiger partial charge is 0.496 e. The molecule has 3 heteroatoms. The molecule has 21 heavy (non-hydrogen) atoms. The number of hydrogen-bond donors (Lipinski definition) is 1. The summed E-state index contributed by atoms with van der Waals surface area (Å²) in [4.78, 5) is 2.47. The van der Waals surface area contributed by atoms with E-state index in [0.29, 0.717) is 12.6 Å². The Morgan fingerprint density at radius 3 is 2.43 bits per heavy atom. The Morgan fingerprint density at radius 1 is 1.10 bits per heavy atom. The lowest BCUT2D eigenvalue weighted by Gasteiger charge is -2.26. The van der Waals surface area contributed by atoms with Crippen molar-refractivity contribution in [3.05, 3.63) is 59.7 Å². The third kappa shape index (κ3) is 3.19. The van der Waals surface area contributed by atoms with E-state index in [9.17, 15) is 0 Å². The highest BCUT2D eigenvalue weighted by molar-refractivity contribution is 5.51. The van der Waals surface area contributed by atoms with Crippen molar-refractivity contribution < 1.29 is 4.74 Å². The van der Waals surface area contributed by atoms with Gasteiger partial charge in [-0.3, -0.25) is 0 Å². The van der Waals surface area contributed by atoms with Crippen LogP contribution in [0.1, 0.15) is 24.0 Å². The van der Waals surface area contributed by atoms with Gasteiger partial charge in [-0.25, -0.2) is 0 Å². The van der Waals surface area contributed by atoms with Crippen LogP contribution in [0.15, 0.2) is 48.5 Å². The minimum absolute atomic E-state index is 0.593. The van der Waals surface area contributed by atoms with E-state index in [1.54, 1.807) is 7.11 Å². The van der Waals surface area contributed by atoms with E-state index in [4.69, 9.17) is 10.5 Å². The summed E-state index contributed by atoms with van der Waals surface area (Å²) >= 11 is 0. The fraction of sp³-hybridized carbons (Fsp3) is 0.333. The molecule has 0 saturated heterocycles. The Labute approximate surface area is 126 Å². The van der Waals surface area contributed by atoms with Gasteiger partial charge in [0.2, 0.25) is 0 Å². The van der Waals surface area contributed by atoms with E-state index >= 15 is 0 Å². The standard InChI is InChI=1S/C18H22N2O/c1-21-18-5-3-2-4-15(18)13-20(17-10-11-17)16-8-6-14(12-19)7-9-16/h2-9,17H,10-13,19H2,1H3. The van der Waals surface area contributed by atoms with Crippen molar-refractivity contribution in [2.24, 2.45) is 5.73 Å². The van der Waals surface area contributed by atoms with Gasteiger partial charge in [0.1, 0.15) is 5.75 Å². The molecule has 1 aliphatic carbocycles. The highest BCUT2D eigenvalue weighted by Gasteiger charge is 2.29. The molecule has 0 radical (unpaired) electrons. The van der Waals surface area contributed by atoms with Gasteiger partial charge in [-0.15, -0.1) is 0 Å². The molecule has 0 heterocycles. The molecule has 2 N–H and O–H groups in total. The normalized spacial score (nSPS) is 14.0. The molecule has 2 aromatic carbocycles. The molecule has 0 bridgehead atoms. The molecule has 0 atom stereocenters. The minimum atomic E-state index is 0.593. The summed E-state index contributed by atoms with van der Waals surface area (Å²) in [6.07, 6.45) is 2.54. The maximum absolute atomic E-state index is 5.68. The van der Waals surface area contributed by atoms with Crippen LogP contribution in [0.25, 0.3) is 0 Å². The van der Waals surface area contributed by atoms with Crippen LogP contribution in [-0.2, 0) is 13.1 Å². The van der Waals surface area contributed by atoms with Crippen LogP contribution in [0.3, 0.4) is 0 Å². The topological polar surface area (TPSA) is 38.5 Å². The number of benzene rings is 2. The van der Waals surface area contributed by atoms with Gasteiger partial charge in [0.25, 0.3) is 0 Å². The number of nitrogens with two attached hydrogens (primary N) is 1. The fourth-order valence-corrected chi connectivity index (χ4v) is 2.66. The molecule has 0 unspecified atom stereocenters. The van der Waals surface area contributed by atoms with Crippen LogP contribution in [-0.4, -0.2) is 13.2 Å². The van der Waals surface area contributed by atoms with Gasteiger partial charge in [-0.05, 0) is 36.6 Å². The third-order valence-corrected chi connectivity index (χ3v) is 4.02. The lowest BCUT2D eigenvalue weighted by molar-refractivity contribution is 0.409. The van der Waals surface area contributed by atoms with E-state index < -0.39 is 0 Å². The number of rotatable bonds is 6. The molecule has 0 aromatic heterocycles. The van der Waals surface area contributed by atoms with Crippen molar-refractivity contribution in [1.82, 2.24) is 0 Å². The summed E-state index contributed by atoms with van der Waals surface area (Å²) in [5.41, 5.74) is 9.35. The number of para-hydroxylation sites is 1. The highest BCUT2D eigenvalue weighted by Crippen LogP contribution is 2.34.